The van der Waals surface area contributed by atoms with E-state index < -0.39 is 5.97 Å². The first-order chi connectivity index (χ1) is 21.0. The van der Waals surface area contributed by atoms with Gasteiger partial charge in [-0.2, -0.15) is 0 Å². The number of hydrogen-bond donors (Lipinski definition) is 3. The maximum atomic E-state index is 11.0. The van der Waals surface area contributed by atoms with E-state index in [0.29, 0.717) is 18.4 Å². The summed E-state index contributed by atoms with van der Waals surface area (Å²) >= 11 is 0. The van der Waals surface area contributed by atoms with Gasteiger partial charge in [-0.1, -0.05) is 38.1 Å². The summed E-state index contributed by atoms with van der Waals surface area (Å²) in [6, 6.07) is 8.92. The molecule has 0 amide bonds. The minimum atomic E-state index is -0.769. The average molecular weight is 590 g/mol. The first-order valence-electron chi connectivity index (χ1n) is 16.5. The van der Waals surface area contributed by atoms with Crippen molar-refractivity contribution in [2.45, 2.75) is 96.8 Å². The summed E-state index contributed by atoms with van der Waals surface area (Å²) in [6.45, 7) is 12.5. The van der Waals surface area contributed by atoms with E-state index in [1.807, 2.05) is 24.5 Å². The Morgan fingerprint density at radius 3 is 2.60 bits per heavy atom. The van der Waals surface area contributed by atoms with Crippen LogP contribution in [0.25, 0.3) is 0 Å². The van der Waals surface area contributed by atoms with Gasteiger partial charge in [0, 0.05) is 63.3 Å². The summed E-state index contributed by atoms with van der Waals surface area (Å²) < 4.78 is 2.31. The first-order valence-corrected chi connectivity index (χ1v) is 16.5. The fourth-order valence-corrected chi connectivity index (χ4v) is 7.30. The number of benzene rings is 1. The van der Waals surface area contributed by atoms with Crippen molar-refractivity contribution in [1.29, 1.82) is 0 Å². The van der Waals surface area contributed by atoms with Gasteiger partial charge in [0.2, 0.25) is 0 Å². The van der Waals surface area contributed by atoms with Crippen LogP contribution in [0.5, 0.6) is 0 Å². The van der Waals surface area contributed by atoms with Gasteiger partial charge in [-0.15, -0.1) is 0 Å². The molecule has 9 heteroatoms. The Balaban J connectivity index is 1.11. The zero-order chi connectivity index (χ0) is 30.1. The molecule has 2 aliphatic rings. The third kappa shape index (κ3) is 8.55. The van der Waals surface area contributed by atoms with Gasteiger partial charge in [0.1, 0.15) is 11.6 Å². The van der Waals surface area contributed by atoms with E-state index in [2.05, 4.69) is 61.8 Å². The summed E-state index contributed by atoms with van der Waals surface area (Å²) in [6.07, 6.45) is 16.9. The number of likely N-dealkylation sites (tertiary alicyclic amines) is 2. The number of aromatic nitrogens is 4. The van der Waals surface area contributed by atoms with Gasteiger partial charge < -0.3 is 29.8 Å². The van der Waals surface area contributed by atoms with Gasteiger partial charge in [-0.05, 0) is 87.7 Å². The van der Waals surface area contributed by atoms with Crippen molar-refractivity contribution in [3.63, 3.8) is 0 Å². The molecule has 3 aromatic rings. The standard InChI is InChI=1S/C34H51N7O2/c1-3-29(4-2)40-20-12-34(13-21-40)11-19-39(26-34)17-6-18-41-22-16-35-31(41)24-30(33-36-14-15-37-33)38-25-28-8-5-7-27(23-28)9-10-32(42)43/h5,7-8,14-16,22-23,29-30,38H,3-4,6,9-13,17-21,24-26H2,1-2H3,(H,36,37)(H,42,43). The topological polar surface area (TPSA) is 102 Å². The number of carbonyl (C=O) groups is 1. The molecule has 1 unspecified atom stereocenters. The molecule has 1 spiro atoms. The van der Waals surface area contributed by atoms with Crippen molar-refractivity contribution >= 4 is 5.97 Å². The lowest BCUT2D eigenvalue weighted by Crippen LogP contribution is -2.45. The molecule has 5 rings (SSSR count). The van der Waals surface area contributed by atoms with Gasteiger partial charge in [0.25, 0.3) is 0 Å². The van der Waals surface area contributed by atoms with Crippen LogP contribution >= 0.6 is 0 Å². The molecule has 2 aromatic heterocycles. The Hall–Kier alpha value is -3.01. The zero-order valence-corrected chi connectivity index (χ0v) is 26.2. The minimum Gasteiger partial charge on any atom is -0.481 e. The number of H-pyrrole nitrogens is 1. The molecule has 1 aromatic carbocycles. The van der Waals surface area contributed by atoms with E-state index >= 15 is 0 Å². The van der Waals surface area contributed by atoms with Crippen molar-refractivity contribution in [2.75, 3.05) is 32.7 Å². The fraction of sp³-hybridized carbons (Fsp3) is 0.618. The minimum absolute atomic E-state index is 0.0110. The number of hydrogen-bond acceptors (Lipinski definition) is 6. The summed E-state index contributed by atoms with van der Waals surface area (Å²) in [5.74, 6) is 1.19. The molecule has 2 aliphatic heterocycles. The molecule has 3 N–H and O–H groups in total. The van der Waals surface area contributed by atoms with Crippen molar-refractivity contribution < 1.29 is 9.90 Å². The van der Waals surface area contributed by atoms with Gasteiger partial charge >= 0.3 is 5.97 Å². The molecule has 1 atom stereocenters. The SMILES string of the molecule is CCC(CC)N1CCC2(CCN(CCCn3ccnc3CC(NCc3cccc(CCC(=O)O)c3)c3ncc[nH]3)C2)CC1. The predicted octanol–water partition coefficient (Wildman–Crippen LogP) is 5.06. The molecule has 4 heterocycles. The lowest BCUT2D eigenvalue weighted by atomic mass is 9.77. The second-order valence-electron chi connectivity index (χ2n) is 12.7. The van der Waals surface area contributed by atoms with Crippen LogP contribution in [-0.2, 0) is 30.7 Å². The van der Waals surface area contributed by atoms with Crippen LogP contribution in [0.3, 0.4) is 0 Å². The number of nitrogens with one attached hydrogen (secondary N) is 2. The van der Waals surface area contributed by atoms with E-state index in [1.54, 1.807) is 6.20 Å². The fourth-order valence-electron chi connectivity index (χ4n) is 7.30. The van der Waals surface area contributed by atoms with Crippen LogP contribution in [0.4, 0.5) is 0 Å². The third-order valence-corrected chi connectivity index (χ3v) is 9.92. The van der Waals surface area contributed by atoms with Crippen molar-refractivity contribution in [2.24, 2.45) is 5.41 Å². The largest absolute Gasteiger partial charge is 0.481 e. The number of aryl methyl sites for hydroxylation is 2. The van der Waals surface area contributed by atoms with Gasteiger partial charge in [0.15, 0.2) is 0 Å². The van der Waals surface area contributed by atoms with Crippen LogP contribution in [0.2, 0.25) is 0 Å². The van der Waals surface area contributed by atoms with E-state index in [-0.39, 0.29) is 12.5 Å². The molecular weight excluding hydrogens is 538 g/mol. The number of carboxylic acid groups (broad SMARTS) is 1. The number of carboxylic acids is 1. The maximum Gasteiger partial charge on any atom is 0.303 e. The molecule has 234 valence electrons. The van der Waals surface area contributed by atoms with E-state index in [9.17, 15) is 4.79 Å². The number of nitrogens with zero attached hydrogens (tertiary/aromatic N) is 5. The monoisotopic (exact) mass is 589 g/mol. The lowest BCUT2D eigenvalue weighted by Gasteiger charge is -2.42. The van der Waals surface area contributed by atoms with E-state index in [1.165, 1.54) is 58.3 Å². The molecule has 0 saturated carbocycles. The number of rotatable bonds is 16. The second kappa shape index (κ2) is 15.1. The Bertz CT molecular complexity index is 1260. The Labute approximate surface area is 257 Å². The number of aromatic amines is 1. The number of piperidine rings is 1. The number of aliphatic carboxylic acids is 1. The van der Waals surface area contributed by atoms with Crippen LogP contribution in [0, 0.1) is 5.41 Å². The van der Waals surface area contributed by atoms with Crippen LogP contribution in [-0.4, -0.2) is 79.2 Å². The highest BCUT2D eigenvalue weighted by Crippen LogP contribution is 2.41. The molecule has 0 radical (unpaired) electrons. The predicted molar refractivity (Wildman–Crippen MR) is 170 cm³/mol. The number of imidazole rings is 2. The molecule has 9 nitrogen and oxygen atoms in total. The second-order valence-corrected chi connectivity index (χ2v) is 12.7. The first kappa shape index (κ1) is 31.4. The Kier molecular flexibility index (Phi) is 11.1. The Morgan fingerprint density at radius 2 is 1.86 bits per heavy atom. The highest BCUT2D eigenvalue weighted by atomic mass is 16.4. The van der Waals surface area contributed by atoms with Gasteiger partial charge in [0.05, 0.1) is 6.04 Å². The smallest absolute Gasteiger partial charge is 0.303 e. The summed E-state index contributed by atoms with van der Waals surface area (Å²) in [4.78, 5) is 29.0. The van der Waals surface area contributed by atoms with Crippen LogP contribution < -0.4 is 5.32 Å². The molecule has 2 fully saturated rings. The molecule has 2 saturated heterocycles. The molecule has 0 aliphatic carbocycles. The summed E-state index contributed by atoms with van der Waals surface area (Å²) in [7, 11) is 0. The van der Waals surface area contributed by atoms with Crippen LogP contribution in [0.15, 0.2) is 49.1 Å². The van der Waals surface area contributed by atoms with Crippen LogP contribution in [0.1, 0.15) is 87.6 Å². The van der Waals surface area contributed by atoms with Gasteiger partial charge in [-0.3, -0.25) is 4.79 Å². The summed E-state index contributed by atoms with van der Waals surface area (Å²) in [5.41, 5.74) is 2.72. The van der Waals surface area contributed by atoms with Gasteiger partial charge in [-0.25, -0.2) is 9.97 Å². The Morgan fingerprint density at radius 1 is 1.07 bits per heavy atom. The third-order valence-electron chi connectivity index (χ3n) is 9.92. The van der Waals surface area contributed by atoms with Crippen molar-refractivity contribution in [3.05, 3.63) is 71.8 Å². The summed E-state index contributed by atoms with van der Waals surface area (Å²) in [5, 5.41) is 12.7. The lowest BCUT2D eigenvalue weighted by molar-refractivity contribution is -0.136. The van der Waals surface area contributed by atoms with E-state index in [0.717, 1.165) is 54.7 Å². The van der Waals surface area contributed by atoms with Crippen molar-refractivity contribution in [1.82, 2.24) is 34.6 Å². The highest BCUT2D eigenvalue weighted by molar-refractivity contribution is 5.67. The molecule has 43 heavy (non-hydrogen) atoms. The quantitative estimate of drug-likeness (QED) is 0.215. The molecule has 0 bridgehead atoms. The van der Waals surface area contributed by atoms with E-state index in [4.69, 9.17) is 10.1 Å². The zero-order valence-electron chi connectivity index (χ0n) is 26.2. The molecular formula is C34H51N7O2. The maximum absolute atomic E-state index is 11.0. The van der Waals surface area contributed by atoms with Crippen molar-refractivity contribution in [3.8, 4) is 0 Å². The highest BCUT2D eigenvalue weighted by Gasteiger charge is 2.40. The average Bonchev–Trinajstić information content (AvgIpc) is 3.79. The normalized spacial score (nSPS) is 18.1.